The fourth-order valence-corrected chi connectivity index (χ4v) is 3.36. The summed E-state index contributed by atoms with van der Waals surface area (Å²) in [7, 11) is 0. The average Bonchev–Trinajstić information content (AvgIpc) is 3.03. The fraction of sp³-hybridized carbons (Fsp3) is 0.286. The minimum atomic E-state index is -0.245. The van der Waals surface area contributed by atoms with Crippen LogP contribution in [0, 0.1) is 5.82 Å². The van der Waals surface area contributed by atoms with E-state index in [1.165, 1.54) is 5.57 Å². The lowest BCUT2D eigenvalue weighted by Crippen LogP contribution is -1.99. The predicted molar refractivity (Wildman–Crippen MR) is 96.7 cm³/mol. The fourth-order valence-electron chi connectivity index (χ4n) is 3.36. The summed E-state index contributed by atoms with van der Waals surface area (Å²) < 4.78 is 14.7. The maximum absolute atomic E-state index is 14.7. The molecule has 0 bridgehead atoms. The number of hydrogen-bond donors (Lipinski definition) is 1. The van der Waals surface area contributed by atoms with Gasteiger partial charge in [0.2, 0.25) is 0 Å². The summed E-state index contributed by atoms with van der Waals surface area (Å²) in [6.45, 7) is 2.16. The third-order valence-corrected chi connectivity index (χ3v) is 4.60. The molecule has 3 heteroatoms. The molecule has 1 aliphatic carbocycles. The summed E-state index contributed by atoms with van der Waals surface area (Å²) in [5.41, 5.74) is 5.15. The van der Waals surface area contributed by atoms with Crippen LogP contribution < -0.4 is 0 Å². The highest BCUT2D eigenvalue weighted by Crippen LogP contribution is 2.36. The molecule has 0 aromatic heterocycles. The number of halogens is 1. The van der Waals surface area contributed by atoms with E-state index >= 15 is 0 Å². The quantitative estimate of drug-likeness (QED) is 0.526. The van der Waals surface area contributed by atoms with Gasteiger partial charge in [-0.3, -0.25) is 0 Å². The van der Waals surface area contributed by atoms with Crippen molar-refractivity contribution in [3.63, 3.8) is 0 Å². The molecular formula is C21H22FNO. The van der Waals surface area contributed by atoms with E-state index in [1.54, 1.807) is 6.07 Å². The van der Waals surface area contributed by atoms with E-state index < -0.39 is 0 Å². The third-order valence-electron chi connectivity index (χ3n) is 4.60. The van der Waals surface area contributed by atoms with Crippen molar-refractivity contribution in [2.24, 2.45) is 5.16 Å². The highest BCUT2D eigenvalue weighted by atomic mass is 19.1. The van der Waals surface area contributed by atoms with Gasteiger partial charge in [0, 0.05) is 11.1 Å². The molecule has 1 aliphatic rings. The van der Waals surface area contributed by atoms with Crippen LogP contribution in [0.25, 0.3) is 16.7 Å². The minimum Gasteiger partial charge on any atom is -0.411 e. The van der Waals surface area contributed by atoms with Gasteiger partial charge in [0.1, 0.15) is 5.82 Å². The number of unbranched alkanes of at least 4 members (excludes halogenated alkanes) is 1. The lowest BCUT2D eigenvalue weighted by Gasteiger charge is -2.10. The summed E-state index contributed by atoms with van der Waals surface area (Å²) in [6.07, 6.45) is 4.82. The van der Waals surface area contributed by atoms with Crippen molar-refractivity contribution >= 4 is 11.3 Å². The molecule has 2 aromatic rings. The molecule has 0 unspecified atom stereocenters. The Kier molecular flexibility index (Phi) is 5.09. The summed E-state index contributed by atoms with van der Waals surface area (Å²) in [4.78, 5) is 0. The van der Waals surface area contributed by atoms with Crippen LogP contribution >= 0.6 is 0 Å². The lowest BCUT2D eigenvalue weighted by molar-refractivity contribution is 0.319. The van der Waals surface area contributed by atoms with Gasteiger partial charge in [-0.2, -0.15) is 0 Å². The second-order valence-electron chi connectivity index (χ2n) is 6.19. The van der Waals surface area contributed by atoms with Gasteiger partial charge in [0.15, 0.2) is 0 Å². The van der Waals surface area contributed by atoms with Gasteiger partial charge in [-0.25, -0.2) is 4.39 Å². The molecular weight excluding hydrogens is 301 g/mol. The van der Waals surface area contributed by atoms with Crippen molar-refractivity contribution in [2.75, 3.05) is 0 Å². The highest BCUT2D eigenvalue weighted by molar-refractivity contribution is 6.26. The Hall–Kier alpha value is -2.42. The second kappa shape index (κ2) is 7.43. The Morgan fingerprint density at radius 2 is 1.83 bits per heavy atom. The van der Waals surface area contributed by atoms with Crippen molar-refractivity contribution in [1.29, 1.82) is 0 Å². The minimum absolute atomic E-state index is 0.245. The summed E-state index contributed by atoms with van der Waals surface area (Å²) in [6, 6.07) is 14.9. The molecule has 0 spiro atoms. The van der Waals surface area contributed by atoms with E-state index in [2.05, 4.69) is 12.1 Å². The van der Waals surface area contributed by atoms with Crippen LogP contribution in [0.1, 0.15) is 44.6 Å². The van der Waals surface area contributed by atoms with E-state index in [0.717, 1.165) is 48.8 Å². The molecule has 0 heterocycles. The standard InChI is InChI=1S/C21H22FNO/c1-2-3-7-16-11-13-20(23-24)21(16)17-10-12-18(19(22)14-17)15-8-5-4-6-9-15/h4-6,8-10,12,14,24H,2-3,7,11,13H2,1H3/b23-20+. The van der Waals surface area contributed by atoms with E-state index in [9.17, 15) is 9.60 Å². The topological polar surface area (TPSA) is 32.6 Å². The summed E-state index contributed by atoms with van der Waals surface area (Å²) >= 11 is 0. The Labute approximate surface area is 142 Å². The van der Waals surface area contributed by atoms with Crippen molar-refractivity contribution in [3.05, 3.63) is 65.5 Å². The first-order valence-electron chi connectivity index (χ1n) is 8.53. The molecule has 0 saturated carbocycles. The largest absolute Gasteiger partial charge is 0.411 e. The first-order valence-corrected chi connectivity index (χ1v) is 8.53. The van der Waals surface area contributed by atoms with Gasteiger partial charge < -0.3 is 5.21 Å². The van der Waals surface area contributed by atoms with Gasteiger partial charge in [0.25, 0.3) is 0 Å². The Morgan fingerprint density at radius 1 is 1.04 bits per heavy atom. The van der Waals surface area contributed by atoms with E-state index in [-0.39, 0.29) is 5.82 Å². The van der Waals surface area contributed by atoms with Gasteiger partial charge in [-0.05, 0) is 42.9 Å². The number of oxime groups is 1. The van der Waals surface area contributed by atoms with E-state index in [4.69, 9.17) is 0 Å². The normalized spacial score (nSPS) is 16.2. The zero-order valence-corrected chi connectivity index (χ0v) is 13.9. The molecule has 2 nitrogen and oxygen atoms in total. The number of benzene rings is 2. The molecule has 2 aromatic carbocycles. The van der Waals surface area contributed by atoms with Crippen LogP contribution in [-0.4, -0.2) is 10.9 Å². The zero-order chi connectivity index (χ0) is 16.9. The number of allylic oxidation sites excluding steroid dienone is 2. The van der Waals surface area contributed by atoms with Gasteiger partial charge in [-0.1, -0.05) is 66.5 Å². The van der Waals surface area contributed by atoms with Crippen molar-refractivity contribution in [2.45, 2.75) is 39.0 Å². The highest BCUT2D eigenvalue weighted by Gasteiger charge is 2.23. The van der Waals surface area contributed by atoms with Gasteiger partial charge in [-0.15, -0.1) is 0 Å². The zero-order valence-electron chi connectivity index (χ0n) is 13.9. The first-order chi connectivity index (χ1) is 11.7. The molecule has 1 N–H and O–H groups in total. The molecule has 0 saturated heterocycles. The number of hydrogen-bond acceptors (Lipinski definition) is 2. The van der Waals surface area contributed by atoms with Crippen LogP contribution in [0.15, 0.2) is 59.3 Å². The van der Waals surface area contributed by atoms with Crippen LogP contribution in [0.5, 0.6) is 0 Å². The van der Waals surface area contributed by atoms with Crippen LogP contribution in [0.3, 0.4) is 0 Å². The Bertz CT molecular complexity index is 778. The van der Waals surface area contributed by atoms with Crippen molar-refractivity contribution in [3.8, 4) is 11.1 Å². The van der Waals surface area contributed by atoms with Crippen molar-refractivity contribution < 1.29 is 9.60 Å². The molecule has 0 radical (unpaired) electrons. The molecule has 124 valence electrons. The van der Waals surface area contributed by atoms with Crippen LogP contribution in [0.2, 0.25) is 0 Å². The Morgan fingerprint density at radius 3 is 2.50 bits per heavy atom. The summed E-state index contributed by atoms with van der Waals surface area (Å²) in [5, 5.41) is 12.8. The van der Waals surface area contributed by atoms with Crippen LogP contribution in [0.4, 0.5) is 4.39 Å². The van der Waals surface area contributed by atoms with Gasteiger partial charge >= 0.3 is 0 Å². The predicted octanol–water partition coefficient (Wildman–Crippen LogP) is 6.06. The molecule has 0 fully saturated rings. The number of rotatable bonds is 5. The van der Waals surface area contributed by atoms with E-state index in [1.807, 2.05) is 42.5 Å². The van der Waals surface area contributed by atoms with Crippen LogP contribution in [-0.2, 0) is 0 Å². The second-order valence-corrected chi connectivity index (χ2v) is 6.19. The van der Waals surface area contributed by atoms with Crippen molar-refractivity contribution in [1.82, 2.24) is 0 Å². The van der Waals surface area contributed by atoms with E-state index in [0.29, 0.717) is 11.3 Å². The SMILES string of the molecule is CCCCC1=C(c2ccc(-c3ccccc3)c(F)c2)/C(=N/O)CC1. The summed E-state index contributed by atoms with van der Waals surface area (Å²) in [5.74, 6) is -0.245. The number of nitrogens with zero attached hydrogens (tertiary/aromatic N) is 1. The lowest BCUT2D eigenvalue weighted by atomic mass is 9.95. The maximum Gasteiger partial charge on any atom is 0.131 e. The average molecular weight is 323 g/mol. The molecule has 3 rings (SSSR count). The van der Waals surface area contributed by atoms with Gasteiger partial charge in [0.05, 0.1) is 5.71 Å². The monoisotopic (exact) mass is 323 g/mol. The molecule has 0 atom stereocenters. The first kappa shape index (κ1) is 16.4. The smallest absolute Gasteiger partial charge is 0.131 e. The molecule has 24 heavy (non-hydrogen) atoms. The molecule has 0 amide bonds. The third kappa shape index (κ3) is 3.25. The maximum atomic E-state index is 14.7. The molecule has 0 aliphatic heterocycles. The Balaban J connectivity index is 2.00.